The minimum Gasteiger partial charge on any atom is -0.339 e. The smallest absolute Gasteiger partial charge is 0.138 e. The molecule has 0 aliphatic rings. The van der Waals surface area contributed by atoms with E-state index in [4.69, 9.17) is 0 Å². The molecule has 96 valence electrons. The zero-order chi connectivity index (χ0) is 13.4. The largest absolute Gasteiger partial charge is 0.339 e. The summed E-state index contributed by atoms with van der Waals surface area (Å²) < 4.78 is 0. The van der Waals surface area contributed by atoms with Crippen LogP contribution >= 0.6 is 11.8 Å². The van der Waals surface area contributed by atoms with Gasteiger partial charge in [-0.25, -0.2) is 4.98 Å². The molecule has 20 heavy (non-hydrogen) atoms. The molecular weight excluding hydrogens is 264 g/mol. The van der Waals surface area contributed by atoms with Gasteiger partial charge in [-0.3, -0.25) is 0 Å². The fourth-order valence-electron chi connectivity index (χ4n) is 2.45. The standard InChI is InChI=1S/C17H12N2S/c1-2-6-12(7-3-1)20-15-10-4-9-14-16(15)13-8-5-11-18-17(13)19-14/h1-11H,(H,18,19). The Morgan fingerprint density at radius 2 is 1.75 bits per heavy atom. The van der Waals surface area contributed by atoms with Gasteiger partial charge in [-0.05, 0) is 36.4 Å². The fourth-order valence-corrected chi connectivity index (χ4v) is 3.46. The van der Waals surface area contributed by atoms with Crippen molar-refractivity contribution in [2.24, 2.45) is 0 Å². The van der Waals surface area contributed by atoms with Crippen LogP contribution in [0.2, 0.25) is 0 Å². The number of aromatic amines is 1. The summed E-state index contributed by atoms with van der Waals surface area (Å²) in [5.41, 5.74) is 2.09. The topological polar surface area (TPSA) is 28.7 Å². The molecular formula is C17H12N2S. The van der Waals surface area contributed by atoms with Crippen LogP contribution in [0.4, 0.5) is 0 Å². The number of hydrogen-bond donors (Lipinski definition) is 1. The second kappa shape index (κ2) is 4.69. The van der Waals surface area contributed by atoms with E-state index in [1.807, 2.05) is 18.3 Å². The van der Waals surface area contributed by atoms with Crippen LogP contribution < -0.4 is 0 Å². The summed E-state index contributed by atoms with van der Waals surface area (Å²) in [6.45, 7) is 0. The highest BCUT2D eigenvalue weighted by atomic mass is 32.2. The molecule has 3 heteroatoms. The normalized spacial score (nSPS) is 11.2. The van der Waals surface area contributed by atoms with Crippen LogP contribution in [0.5, 0.6) is 0 Å². The summed E-state index contributed by atoms with van der Waals surface area (Å²) in [6.07, 6.45) is 1.82. The van der Waals surface area contributed by atoms with E-state index in [0.29, 0.717) is 0 Å². The first kappa shape index (κ1) is 11.6. The van der Waals surface area contributed by atoms with Gasteiger partial charge in [0.1, 0.15) is 5.65 Å². The molecule has 0 spiro atoms. The zero-order valence-corrected chi connectivity index (χ0v) is 11.5. The second-order valence-electron chi connectivity index (χ2n) is 4.62. The van der Waals surface area contributed by atoms with E-state index in [2.05, 4.69) is 58.5 Å². The Morgan fingerprint density at radius 1 is 0.850 bits per heavy atom. The molecule has 2 nitrogen and oxygen atoms in total. The number of rotatable bonds is 2. The lowest BCUT2D eigenvalue weighted by Gasteiger charge is -2.03. The van der Waals surface area contributed by atoms with Crippen LogP contribution in [-0.2, 0) is 0 Å². The summed E-state index contributed by atoms with van der Waals surface area (Å²) in [5.74, 6) is 0. The zero-order valence-electron chi connectivity index (χ0n) is 10.7. The van der Waals surface area contributed by atoms with E-state index in [-0.39, 0.29) is 0 Å². The number of nitrogens with one attached hydrogen (secondary N) is 1. The van der Waals surface area contributed by atoms with Gasteiger partial charge in [0.2, 0.25) is 0 Å². The highest BCUT2D eigenvalue weighted by molar-refractivity contribution is 7.99. The Bertz CT molecular complexity index is 881. The number of H-pyrrole nitrogens is 1. The van der Waals surface area contributed by atoms with Gasteiger partial charge in [0.05, 0.1) is 0 Å². The van der Waals surface area contributed by atoms with Crippen LogP contribution in [0.3, 0.4) is 0 Å². The molecule has 0 unspecified atom stereocenters. The third-order valence-electron chi connectivity index (χ3n) is 3.33. The molecule has 0 bridgehead atoms. The minimum atomic E-state index is 0.948. The summed E-state index contributed by atoms with van der Waals surface area (Å²) in [5, 5.41) is 2.44. The number of nitrogens with zero attached hydrogens (tertiary/aromatic N) is 1. The van der Waals surface area contributed by atoms with Gasteiger partial charge >= 0.3 is 0 Å². The molecule has 0 fully saturated rings. The third kappa shape index (κ3) is 1.87. The van der Waals surface area contributed by atoms with Gasteiger partial charge in [0.15, 0.2) is 0 Å². The van der Waals surface area contributed by atoms with Gasteiger partial charge in [0, 0.05) is 32.3 Å². The van der Waals surface area contributed by atoms with Gasteiger partial charge in [-0.2, -0.15) is 0 Å². The summed E-state index contributed by atoms with van der Waals surface area (Å²) in [4.78, 5) is 10.3. The van der Waals surface area contributed by atoms with Crippen molar-refractivity contribution in [3.05, 3.63) is 66.9 Å². The van der Waals surface area contributed by atoms with Gasteiger partial charge in [-0.1, -0.05) is 36.0 Å². The average Bonchev–Trinajstić information content (AvgIpc) is 2.88. The maximum Gasteiger partial charge on any atom is 0.138 e. The van der Waals surface area contributed by atoms with Crippen LogP contribution in [0.25, 0.3) is 21.9 Å². The molecule has 1 N–H and O–H groups in total. The van der Waals surface area contributed by atoms with E-state index in [1.54, 1.807) is 11.8 Å². The molecule has 0 saturated carbocycles. The first-order valence-corrected chi connectivity index (χ1v) is 7.32. The van der Waals surface area contributed by atoms with Crippen molar-refractivity contribution in [1.29, 1.82) is 0 Å². The molecule has 0 atom stereocenters. The maximum absolute atomic E-state index is 4.40. The van der Waals surface area contributed by atoms with Crippen LogP contribution in [0, 0.1) is 0 Å². The van der Waals surface area contributed by atoms with Crippen LogP contribution in [0.15, 0.2) is 76.7 Å². The molecule has 4 aromatic rings. The second-order valence-corrected chi connectivity index (χ2v) is 5.73. The molecule has 0 saturated heterocycles. The first-order valence-electron chi connectivity index (χ1n) is 6.50. The fraction of sp³-hybridized carbons (Fsp3) is 0. The number of benzene rings is 2. The minimum absolute atomic E-state index is 0.948. The van der Waals surface area contributed by atoms with Crippen LogP contribution in [-0.4, -0.2) is 9.97 Å². The first-order chi connectivity index (χ1) is 9.92. The van der Waals surface area contributed by atoms with Crippen molar-refractivity contribution in [3.8, 4) is 0 Å². The van der Waals surface area contributed by atoms with Gasteiger partial charge < -0.3 is 4.98 Å². The molecule has 0 amide bonds. The molecule has 0 aliphatic carbocycles. The summed E-state index contributed by atoms with van der Waals surface area (Å²) in [7, 11) is 0. The van der Waals surface area contributed by atoms with E-state index in [0.717, 1.165) is 11.2 Å². The Kier molecular flexibility index (Phi) is 2.71. The average molecular weight is 276 g/mol. The van der Waals surface area contributed by atoms with Crippen molar-refractivity contribution in [1.82, 2.24) is 9.97 Å². The lowest BCUT2D eigenvalue weighted by molar-refractivity contribution is 1.35. The molecule has 2 aromatic carbocycles. The Balaban J connectivity index is 1.95. The maximum atomic E-state index is 4.40. The van der Waals surface area contributed by atoms with Crippen molar-refractivity contribution >= 4 is 33.7 Å². The Morgan fingerprint density at radius 3 is 2.65 bits per heavy atom. The quantitative estimate of drug-likeness (QED) is 0.566. The predicted molar refractivity (Wildman–Crippen MR) is 84.2 cm³/mol. The van der Waals surface area contributed by atoms with Crippen molar-refractivity contribution in [2.45, 2.75) is 9.79 Å². The summed E-state index contributed by atoms with van der Waals surface area (Å²) >= 11 is 1.79. The monoisotopic (exact) mass is 276 g/mol. The highest BCUT2D eigenvalue weighted by Gasteiger charge is 2.09. The van der Waals surface area contributed by atoms with Gasteiger partial charge in [-0.15, -0.1) is 0 Å². The Hall–Kier alpha value is -2.26. The Labute approximate surface area is 120 Å². The van der Waals surface area contributed by atoms with Crippen LogP contribution in [0.1, 0.15) is 0 Å². The van der Waals surface area contributed by atoms with E-state index in [1.165, 1.54) is 20.6 Å². The number of aromatic nitrogens is 2. The van der Waals surface area contributed by atoms with E-state index >= 15 is 0 Å². The molecule has 2 heterocycles. The van der Waals surface area contributed by atoms with Crippen molar-refractivity contribution in [3.63, 3.8) is 0 Å². The molecule has 4 rings (SSSR count). The van der Waals surface area contributed by atoms with Crippen molar-refractivity contribution < 1.29 is 0 Å². The number of fused-ring (bicyclic) bond motifs is 3. The molecule has 2 aromatic heterocycles. The summed E-state index contributed by atoms with van der Waals surface area (Å²) in [6, 6.07) is 20.9. The van der Waals surface area contributed by atoms with E-state index < -0.39 is 0 Å². The lowest BCUT2D eigenvalue weighted by Crippen LogP contribution is -1.76. The lowest BCUT2D eigenvalue weighted by atomic mass is 10.2. The highest BCUT2D eigenvalue weighted by Crippen LogP contribution is 2.36. The number of hydrogen-bond acceptors (Lipinski definition) is 2. The molecule has 0 aliphatic heterocycles. The SMILES string of the molecule is c1ccc(Sc2cccc3[nH]c4ncccc4c23)cc1. The van der Waals surface area contributed by atoms with Crippen molar-refractivity contribution in [2.75, 3.05) is 0 Å². The third-order valence-corrected chi connectivity index (χ3v) is 4.40. The van der Waals surface area contributed by atoms with E-state index in [9.17, 15) is 0 Å². The number of pyridine rings is 1. The molecule has 0 radical (unpaired) electrons. The predicted octanol–water partition coefficient (Wildman–Crippen LogP) is 4.87. The van der Waals surface area contributed by atoms with Gasteiger partial charge in [0.25, 0.3) is 0 Å².